The molecule has 1 amide bonds. The molecule has 2 rings (SSSR count). The number of nitrogens with zero attached hydrogens (tertiary/aromatic N) is 2. The van der Waals surface area contributed by atoms with Gasteiger partial charge in [-0.05, 0) is 58.7 Å². The van der Waals surface area contributed by atoms with Gasteiger partial charge < -0.3 is 4.90 Å². The summed E-state index contributed by atoms with van der Waals surface area (Å²) in [4.78, 5) is 27.2. The molecule has 0 spiro atoms. The summed E-state index contributed by atoms with van der Waals surface area (Å²) in [5.74, 6) is 0.0938. The van der Waals surface area contributed by atoms with Crippen LogP contribution in [0.15, 0.2) is 0 Å². The van der Waals surface area contributed by atoms with E-state index in [-0.39, 0.29) is 23.5 Å². The number of hydrogen-bond donors (Lipinski definition) is 1. The Morgan fingerprint density at radius 1 is 1.04 bits per heavy atom. The first kappa shape index (κ1) is 18.4. The highest BCUT2D eigenvalue weighted by atomic mass is 16.2. The van der Waals surface area contributed by atoms with Gasteiger partial charge >= 0.3 is 0 Å². The second-order valence-corrected chi connectivity index (χ2v) is 7.08. The zero-order valence-electron chi connectivity index (χ0n) is 14.9. The minimum Gasteiger partial charge on any atom is -0.303 e. The summed E-state index contributed by atoms with van der Waals surface area (Å²) in [5.41, 5.74) is 3.05. The van der Waals surface area contributed by atoms with E-state index in [1.54, 1.807) is 11.9 Å². The minimum atomic E-state index is -0.122. The number of carbonyl (C=O) groups is 2. The van der Waals surface area contributed by atoms with E-state index in [0.717, 1.165) is 45.2 Å². The van der Waals surface area contributed by atoms with Gasteiger partial charge in [0.2, 0.25) is 5.91 Å². The van der Waals surface area contributed by atoms with Crippen LogP contribution in [-0.2, 0) is 9.59 Å². The van der Waals surface area contributed by atoms with Crippen LogP contribution in [0.2, 0.25) is 0 Å². The quantitative estimate of drug-likeness (QED) is 0.730. The number of hydrazine groups is 1. The van der Waals surface area contributed by atoms with Crippen LogP contribution in [0.1, 0.15) is 58.3 Å². The Morgan fingerprint density at radius 3 is 2.30 bits per heavy atom. The lowest BCUT2D eigenvalue weighted by Crippen LogP contribution is -2.48. The monoisotopic (exact) mass is 323 g/mol. The van der Waals surface area contributed by atoms with Crippen LogP contribution in [0.3, 0.4) is 0 Å². The number of carbonyl (C=O) groups excluding carboxylic acids is 2. The topological polar surface area (TPSA) is 52.6 Å². The van der Waals surface area contributed by atoms with Crippen LogP contribution < -0.4 is 5.43 Å². The first-order valence-corrected chi connectivity index (χ1v) is 9.35. The predicted octanol–water partition coefficient (Wildman–Crippen LogP) is 2.22. The highest BCUT2D eigenvalue weighted by Crippen LogP contribution is 2.32. The smallest absolute Gasteiger partial charge is 0.240 e. The fourth-order valence-corrected chi connectivity index (χ4v) is 4.08. The molecule has 2 fully saturated rings. The lowest BCUT2D eigenvalue weighted by molar-refractivity contribution is -0.145. The molecule has 23 heavy (non-hydrogen) atoms. The molecule has 2 aliphatic rings. The number of Topliss-reactive ketones (excluding diaryl/α,β-unsaturated/α-hetero) is 1. The van der Waals surface area contributed by atoms with E-state index in [9.17, 15) is 9.59 Å². The van der Waals surface area contributed by atoms with E-state index >= 15 is 0 Å². The number of ketones is 1. The molecule has 132 valence electrons. The first-order chi connectivity index (χ1) is 11.1. The standard InChI is InChI=1S/C18H33N3O2/c1-15(22)16-9-4-5-10-17(16)18(23)21(19-2)14-8-13-20-11-6-3-7-12-20/h16-17,19H,3-14H2,1-2H3. The molecule has 5 heteroatoms. The fraction of sp³-hybridized carbons (Fsp3) is 0.889. The zero-order chi connectivity index (χ0) is 16.7. The maximum atomic E-state index is 12.8. The Morgan fingerprint density at radius 2 is 1.70 bits per heavy atom. The Hall–Kier alpha value is -0.940. The summed E-state index contributed by atoms with van der Waals surface area (Å²) in [6.45, 7) is 5.82. The summed E-state index contributed by atoms with van der Waals surface area (Å²) in [6.07, 6.45) is 8.81. The molecule has 0 radical (unpaired) electrons. The highest BCUT2D eigenvalue weighted by molar-refractivity contribution is 5.87. The van der Waals surface area contributed by atoms with E-state index < -0.39 is 0 Å². The Bertz CT molecular complexity index is 394. The molecule has 1 heterocycles. The predicted molar refractivity (Wildman–Crippen MR) is 91.8 cm³/mol. The third kappa shape index (κ3) is 5.28. The normalized spacial score (nSPS) is 26.0. The van der Waals surface area contributed by atoms with E-state index in [2.05, 4.69) is 10.3 Å². The second-order valence-electron chi connectivity index (χ2n) is 7.08. The van der Waals surface area contributed by atoms with Gasteiger partial charge in [-0.1, -0.05) is 19.3 Å². The molecule has 2 atom stereocenters. The average Bonchev–Trinajstić information content (AvgIpc) is 2.59. The van der Waals surface area contributed by atoms with Crippen LogP contribution in [-0.4, -0.2) is 54.8 Å². The van der Waals surface area contributed by atoms with Crippen molar-refractivity contribution in [2.24, 2.45) is 11.8 Å². The Balaban J connectivity index is 1.83. The van der Waals surface area contributed by atoms with Crippen LogP contribution in [0.4, 0.5) is 0 Å². The van der Waals surface area contributed by atoms with Crippen molar-refractivity contribution in [3.63, 3.8) is 0 Å². The molecular weight excluding hydrogens is 290 g/mol. The minimum absolute atomic E-state index is 0.0748. The summed E-state index contributed by atoms with van der Waals surface area (Å²) in [5, 5.41) is 1.75. The van der Waals surface area contributed by atoms with Crippen molar-refractivity contribution in [2.45, 2.75) is 58.3 Å². The van der Waals surface area contributed by atoms with Crippen molar-refractivity contribution < 1.29 is 9.59 Å². The number of likely N-dealkylation sites (tertiary alicyclic amines) is 1. The molecule has 0 aromatic rings. The summed E-state index contributed by atoms with van der Waals surface area (Å²) in [6, 6.07) is 0. The van der Waals surface area contributed by atoms with Gasteiger partial charge in [-0.2, -0.15) is 0 Å². The zero-order valence-corrected chi connectivity index (χ0v) is 14.9. The fourth-order valence-electron chi connectivity index (χ4n) is 4.08. The number of hydrogen-bond acceptors (Lipinski definition) is 4. The van der Waals surface area contributed by atoms with Crippen LogP contribution in [0.25, 0.3) is 0 Å². The lowest BCUT2D eigenvalue weighted by Gasteiger charge is -2.33. The van der Waals surface area contributed by atoms with Gasteiger partial charge in [0.05, 0.1) is 0 Å². The highest BCUT2D eigenvalue weighted by Gasteiger charge is 2.35. The number of piperidine rings is 1. The van der Waals surface area contributed by atoms with E-state index in [0.29, 0.717) is 0 Å². The van der Waals surface area contributed by atoms with E-state index in [1.165, 1.54) is 32.4 Å². The van der Waals surface area contributed by atoms with Crippen molar-refractivity contribution >= 4 is 11.7 Å². The van der Waals surface area contributed by atoms with Crippen molar-refractivity contribution in [3.05, 3.63) is 0 Å². The second kappa shape index (κ2) is 9.38. The van der Waals surface area contributed by atoms with Crippen molar-refractivity contribution in [1.82, 2.24) is 15.3 Å². The van der Waals surface area contributed by atoms with Gasteiger partial charge in [-0.3, -0.25) is 14.6 Å². The largest absolute Gasteiger partial charge is 0.303 e. The molecule has 1 aliphatic heterocycles. The van der Waals surface area contributed by atoms with Crippen LogP contribution in [0.5, 0.6) is 0 Å². The molecule has 5 nitrogen and oxygen atoms in total. The molecule has 2 unspecified atom stereocenters. The van der Waals surface area contributed by atoms with Gasteiger partial charge in [0, 0.05) is 25.4 Å². The molecule has 1 N–H and O–H groups in total. The molecule has 1 saturated heterocycles. The van der Waals surface area contributed by atoms with Crippen molar-refractivity contribution in [1.29, 1.82) is 0 Å². The number of nitrogens with one attached hydrogen (secondary N) is 1. The summed E-state index contributed by atoms with van der Waals surface area (Å²) in [7, 11) is 1.81. The summed E-state index contributed by atoms with van der Waals surface area (Å²) >= 11 is 0. The van der Waals surface area contributed by atoms with E-state index in [1.807, 2.05) is 7.05 Å². The molecule has 1 saturated carbocycles. The van der Waals surface area contributed by atoms with Gasteiger partial charge in [-0.25, -0.2) is 5.43 Å². The Labute approximate surface area is 140 Å². The van der Waals surface area contributed by atoms with E-state index in [4.69, 9.17) is 0 Å². The number of amides is 1. The molecule has 0 aromatic carbocycles. The Kier molecular flexibility index (Phi) is 7.50. The first-order valence-electron chi connectivity index (χ1n) is 9.35. The lowest BCUT2D eigenvalue weighted by atomic mass is 9.76. The van der Waals surface area contributed by atoms with Crippen molar-refractivity contribution in [2.75, 3.05) is 33.2 Å². The molecule has 1 aliphatic carbocycles. The molecular formula is C18H33N3O2. The van der Waals surface area contributed by atoms with Gasteiger partial charge in [0.1, 0.15) is 5.78 Å². The van der Waals surface area contributed by atoms with Crippen LogP contribution >= 0.6 is 0 Å². The van der Waals surface area contributed by atoms with Crippen molar-refractivity contribution in [3.8, 4) is 0 Å². The summed E-state index contributed by atoms with van der Waals surface area (Å²) < 4.78 is 0. The average molecular weight is 323 g/mol. The van der Waals surface area contributed by atoms with Gasteiger partial charge in [0.25, 0.3) is 0 Å². The van der Waals surface area contributed by atoms with Gasteiger partial charge in [-0.15, -0.1) is 0 Å². The van der Waals surface area contributed by atoms with Gasteiger partial charge in [0.15, 0.2) is 0 Å². The third-order valence-electron chi connectivity index (χ3n) is 5.45. The number of rotatable bonds is 7. The molecule has 0 aromatic heterocycles. The maximum absolute atomic E-state index is 12.8. The SMILES string of the molecule is CNN(CCCN1CCCCC1)C(=O)C1CCCCC1C(C)=O. The maximum Gasteiger partial charge on any atom is 0.240 e. The molecule has 0 bridgehead atoms. The van der Waals surface area contributed by atoms with Crippen LogP contribution in [0, 0.1) is 11.8 Å². The third-order valence-corrected chi connectivity index (χ3v) is 5.45.